The van der Waals surface area contributed by atoms with Gasteiger partial charge in [-0.2, -0.15) is 0 Å². The fourth-order valence-corrected chi connectivity index (χ4v) is 4.07. The molecule has 0 saturated carbocycles. The predicted octanol–water partition coefficient (Wildman–Crippen LogP) is 1.18. The van der Waals surface area contributed by atoms with Gasteiger partial charge in [0.15, 0.2) is 5.60 Å². The number of aromatic nitrogens is 2. The van der Waals surface area contributed by atoms with Crippen LogP contribution in [0, 0.1) is 0 Å². The molecule has 0 bridgehead atoms. The molecule has 0 radical (unpaired) electrons. The van der Waals surface area contributed by atoms with E-state index < -0.39 is 36.4 Å². The molecule has 214 valence electrons. The third-order valence-electron chi connectivity index (χ3n) is 6.07. The van der Waals surface area contributed by atoms with Crippen molar-refractivity contribution in [3.05, 3.63) is 58.4 Å². The summed E-state index contributed by atoms with van der Waals surface area (Å²) >= 11 is 0. The zero-order valence-corrected chi connectivity index (χ0v) is 22.5. The molecule has 3 rings (SSSR count). The molecule has 0 saturated heterocycles. The van der Waals surface area contributed by atoms with Crippen LogP contribution >= 0.6 is 0 Å². The summed E-state index contributed by atoms with van der Waals surface area (Å²) in [5.74, 6) is -4.04. The van der Waals surface area contributed by atoms with Gasteiger partial charge in [0, 0.05) is 27.2 Å². The second-order valence-electron chi connectivity index (χ2n) is 9.65. The number of carbonyl (C=O) groups is 3. The van der Waals surface area contributed by atoms with Crippen LogP contribution in [0.5, 0.6) is 0 Å². The van der Waals surface area contributed by atoms with Gasteiger partial charge in [-0.25, -0.2) is 9.59 Å². The van der Waals surface area contributed by atoms with E-state index in [1.54, 1.807) is 15.4 Å². The van der Waals surface area contributed by atoms with Crippen molar-refractivity contribution >= 4 is 28.9 Å². The van der Waals surface area contributed by atoms with Gasteiger partial charge in [0.05, 0.1) is 36.7 Å². The molecule has 2 aromatic heterocycles. The number of aryl methyl sites for hydroxylation is 2. The number of carboxylic acids is 3. The largest absolute Gasteiger partial charge is 0.481 e. The lowest BCUT2D eigenvalue weighted by atomic mass is 9.96. The first-order chi connectivity index (χ1) is 18.2. The van der Waals surface area contributed by atoms with Crippen molar-refractivity contribution in [3.63, 3.8) is 0 Å². The Morgan fingerprint density at radius 3 is 2.05 bits per heavy atom. The number of rotatable bonds is 13. The van der Waals surface area contributed by atoms with E-state index in [1.165, 1.54) is 5.56 Å². The second-order valence-corrected chi connectivity index (χ2v) is 9.65. The van der Waals surface area contributed by atoms with Crippen molar-refractivity contribution in [2.24, 2.45) is 14.1 Å². The van der Waals surface area contributed by atoms with Crippen LogP contribution < -0.4 is 5.69 Å². The van der Waals surface area contributed by atoms with Gasteiger partial charge in [0.25, 0.3) is 0 Å². The quantitative estimate of drug-likeness (QED) is 0.241. The highest BCUT2D eigenvalue weighted by atomic mass is 16.4. The third kappa shape index (κ3) is 9.09. The maximum absolute atomic E-state index is 12.1. The Kier molecular flexibility index (Phi) is 11.0. The predicted molar refractivity (Wildman–Crippen MR) is 141 cm³/mol. The Balaban J connectivity index is 0.000000349. The molecule has 0 aliphatic rings. The van der Waals surface area contributed by atoms with Crippen LogP contribution in [0.2, 0.25) is 0 Å². The zero-order chi connectivity index (χ0) is 29.3. The van der Waals surface area contributed by atoms with E-state index in [2.05, 4.69) is 36.0 Å². The fraction of sp³-hybridized carbons (Fsp3) is 0.462. The smallest absolute Gasteiger partial charge is 0.336 e. The first kappa shape index (κ1) is 31.3. The number of benzene rings is 1. The number of nitrogens with zero attached hydrogens (tertiary/aromatic N) is 4. The van der Waals surface area contributed by atoms with Crippen molar-refractivity contribution in [2.45, 2.75) is 38.0 Å². The monoisotopic (exact) mass is 548 g/mol. The van der Waals surface area contributed by atoms with E-state index in [0.29, 0.717) is 0 Å². The van der Waals surface area contributed by atoms with Gasteiger partial charge >= 0.3 is 23.6 Å². The van der Waals surface area contributed by atoms with E-state index in [0.717, 1.165) is 49.4 Å². The number of carboxylic acid groups (broad SMARTS) is 3. The molecule has 13 heteroatoms. The summed E-state index contributed by atoms with van der Waals surface area (Å²) in [5, 5.41) is 33.8. The van der Waals surface area contributed by atoms with E-state index >= 15 is 0 Å². The molecule has 13 nitrogen and oxygen atoms in total. The molecule has 39 heavy (non-hydrogen) atoms. The molecule has 4 N–H and O–H groups in total. The van der Waals surface area contributed by atoms with Crippen molar-refractivity contribution < 1.29 is 39.2 Å². The number of fused-ring (bicyclic) bond motifs is 1. The Morgan fingerprint density at radius 2 is 1.54 bits per heavy atom. The molecule has 1 aromatic carbocycles. The lowest BCUT2D eigenvalue weighted by Crippen LogP contribution is -2.42. The van der Waals surface area contributed by atoms with Crippen LogP contribution in [-0.4, -0.2) is 90.1 Å². The summed E-state index contributed by atoms with van der Waals surface area (Å²) in [4.78, 5) is 47.2. The third-order valence-corrected chi connectivity index (χ3v) is 6.07. The number of hydrogen-bond donors (Lipinski definition) is 4. The van der Waals surface area contributed by atoms with E-state index in [-0.39, 0.29) is 5.69 Å². The van der Waals surface area contributed by atoms with Crippen molar-refractivity contribution in [3.8, 4) is 0 Å². The summed E-state index contributed by atoms with van der Waals surface area (Å²) in [6, 6.07) is 10.2. The summed E-state index contributed by atoms with van der Waals surface area (Å²) in [6.45, 7) is 3.66. The van der Waals surface area contributed by atoms with Gasteiger partial charge in [0.2, 0.25) is 0 Å². The molecule has 0 unspecified atom stereocenters. The minimum absolute atomic E-state index is 0.00979. The normalized spacial score (nSPS) is 11.6. The molecule has 0 aliphatic carbocycles. The molecule has 0 amide bonds. The molecule has 3 aromatic rings. The maximum Gasteiger partial charge on any atom is 0.336 e. The Labute approximate surface area is 225 Å². The van der Waals surface area contributed by atoms with Crippen molar-refractivity contribution in [1.29, 1.82) is 0 Å². The molecule has 0 fully saturated rings. The molecular weight excluding hydrogens is 512 g/mol. The van der Waals surface area contributed by atoms with Crippen LogP contribution in [0.25, 0.3) is 11.0 Å². The number of furan rings is 1. The standard InChI is InChI=1S/C20H28N4O2.C6H8O7/c1-21(2)10-6-11-24(15-17-7-5-12-26-17)14-16-8-9-18-19(13-16)23(4)20(25)22(18)3;7-3(8)1-6(13,5(11)12)2-4(9)10/h5,7-9,12-13H,6,10-11,14-15H2,1-4H3;13H,1-2H2,(H,7,8)(H,9,10)(H,11,12). The maximum atomic E-state index is 12.1. The van der Waals surface area contributed by atoms with Gasteiger partial charge in [-0.15, -0.1) is 0 Å². The highest BCUT2D eigenvalue weighted by molar-refractivity contribution is 5.88. The van der Waals surface area contributed by atoms with Crippen LogP contribution in [0.4, 0.5) is 0 Å². The van der Waals surface area contributed by atoms with Gasteiger partial charge in [-0.05, 0) is 56.9 Å². The summed E-state index contributed by atoms with van der Waals surface area (Å²) in [7, 11) is 7.84. The van der Waals surface area contributed by atoms with Crippen LogP contribution in [0.1, 0.15) is 30.6 Å². The summed E-state index contributed by atoms with van der Waals surface area (Å²) in [6.07, 6.45) is 0.530. The summed E-state index contributed by atoms with van der Waals surface area (Å²) < 4.78 is 8.94. The Bertz CT molecular complexity index is 1310. The first-order valence-electron chi connectivity index (χ1n) is 12.2. The number of aliphatic carboxylic acids is 3. The fourth-order valence-electron chi connectivity index (χ4n) is 4.07. The minimum Gasteiger partial charge on any atom is -0.481 e. The Morgan fingerprint density at radius 1 is 0.923 bits per heavy atom. The van der Waals surface area contributed by atoms with Gasteiger partial charge < -0.3 is 29.7 Å². The van der Waals surface area contributed by atoms with E-state index in [1.807, 2.05) is 32.3 Å². The van der Waals surface area contributed by atoms with Gasteiger partial charge in [0.1, 0.15) is 5.76 Å². The second kappa shape index (κ2) is 13.7. The Hall–Kier alpha value is -3.94. The molecule has 0 aliphatic heterocycles. The summed E-state index contributed by atoms with van der Waals surface area (Å²) in [5.41, 5.74) is 0.413. The highest BCUT2D eigenvalue weighted by Crippen LogP contribution is 2.18. The highest BCUT2D eigenvalue weighted by Gasteiger charge is 2.40. The lowest BCUT2D eigenvalue weighted by Gasteiger charge is -2.22. The number of imidazole rings is 1. The lowest BCUT2D eigenvalue weighted by molar-refractivity contribution is -0.170. The SMILES string of the molecule is CN(C)CCCN(Cc1ccc2c(c1)n(C)c(=O)n2C)Cc1ccco1.O=C(O)CC(O)(CC(=O)O)C(=O)O. The molecule has 0 atom stereocenters. The number of hydrogen-bond acceptors (Lipinski definition) is 8. The molecule has 0 spiro atoms. The average molecular weight is 549 g/mol. The molecule has 2 heterocycles. The van der Waals surface area contributed by atoms with Crippen LogP contribution in [0.3, 0.4) is 0 Å². The van der Waals surface area contributed by atoms with Gasteiger partial charge in [-0.1, -0.05) is 6.07 Å². The first-order valence-corrected chi connectivity index (χ1v) is 12.2. The molecular formula is C26H36N4O9. The van der Waals surface area contributed by atoms with Crippen LogP contribution in [-0.2, 0) is 41.6 Å². The van der Waals surface area contributed by atoms with E-state index in [4.69, 9.17) is 24.8 Å². The van der Waals surface area contributed by atoms with Crippen molar-refractivity contribution in [2.75, 3.05) is 27.2 Å². The van der Waals surface area contributed by atoms with Gasteiger partial charge in [-0.3, -0.25) is 23.6 Å². The average Bonchev–Trinajstić information content (AvgIpc) is 3.41. The zero-order valence-electron chi connectivity index (χ0n) is 22.5. The van der Waals surface area contributed by atoms with Crippen LogP contribution in [0.15, 0.2) is 45.8 Å². The van der Waals surface area contributed by atoms with Crippen molar-refractivity contribution in [1.82, 2.24) is 18.9 Å². The topological polar surface area (TPSA) is 179 Å². The number of aliphatic hydroxyl groups is 1. The minimum atomic E-state index is -2.74. The van der Waals surface area contributed by atoms with E-state index in [9.17, 15) is 19.2 Å².